The minimum absolute atomic E-state index is 0.0482. The molecule has 3 heterocycles. The van der Waals surface area contributed by atoms with Crippen LogP contribution in [0.2, 0.25) is 0 Å². The summed E-state index contributed by atoms with van der Waals surface area (Å²) in [5.41, 5.74) is 3.06. The molecule has 2 aromatic carbocycles. The van der Waals surface area contributed by atoms with E-state index < -0.39 is 6.04 Å². The summed E-state index contributed by atoms with van der Waals surface area (Å²) >= 11 is 1.41. The van der Waals surface area contributed by atoms with Crippen LogP contribution in [0.15, 0.2) is 45.6 Å². The van der Waals surface area contributed by atoms with Gasteiger partial charge in [0, 0.05) is 4.88 Å². The standard InChI is InChI=1S/C26H24N2O5S/c1-6-15-7-9-18-17(11-15)23(29)21-22(16-8-10-19(31-4)20(12-16)32-5)28(25(30)24(21)33-18)26-27-13(2)14(3)34-26/h7-12,22H,6H2,1-5H3. The summed E-state index contributed by atoms with van der Waals surface area (Å²) in [6.45, 7) is 5.89. The molecule has 174 valence electrons. The predicted molar refractivity (Wildman–Crippen MR) is 132 cm³/mol. The van der Waals surface area contributed by atoms with Crippen molar-refractivity contribution in [2.24, 2.45) is 0 Å². The van der Waals surface area contributed by atoms with Crippen molar-refractivity contribution in [3.63, 3.8) is 0 Å². The third-order valence-corrected chi connectivity index (χ3v) is 7.36. The Bertz CT molecular complexity index is 1480. The van der Waals surface area contributed by atoms with E-state index >= 15 is 0 Å². The first-order valence-corrected chi connectivity index (χ1v) is 11.8. The fourth-order valence-corrected chi connectivity index (χ4v) is 5.27. The highest BCUT2D eigenvalue weighted by Crippen LogP contribution is 2.44. The Morgan fingerprint density at radius 3 is 2.47 bits per heavy atom. The lowest BCUT2D eigenvalue weighted by Gasteiger charge is -2.23. The van der Waals surface area contributed by atoms with Crippen LogP contribution in [0.4, 0.5) is 5.13 Å². The number of aromatic nitrogens is 1. The average molecular weight is 477 g/mol. The third-order valence-electron chi connectivity index (χ3n) is 6.29. The van der Waals surface area contributed by atoms with Crippen LogP contribution in [-0.4, -0.2) is 25.1 Å². The van der Waals surface area contributed by atoms with Crippen LogP contribution >= 0.6 is 11.3 Å². The van der Waals surface area contributed by atoms with Crippen LogP contribution in [0.5, 0.6) is 11.5 Å². The lowest BCUT2D eigenvalue weighted by atomic mass is 9.97. The number of aryl methyl sites for hydroxylation is 3. The summed E-state index contributed by atoms with van der Waals surface area (Å²) in [7, 11) is 3.11. The van der Waals surface area contributed by atoms with E-state index in [0.29, 0.717) is 38.7 Å². The van der Waals surface area contributed by atoms with Gasteiger partial charge in [0.05, 0.1) is 36.9 Å². The van der Waals surface area contributed by atoms with Gasteiger partial charge in [0.15, 0.2) is 22.1 Å². The minimum atomic E-state index is -0.710. The maximum Gasteiger partial charge on any atom is 0.297 e. The zero-order valence-corrected chi connectivity index (χ0v) is 20.4. The van der Waals surface area contributed by atoms with Crippen molar-refractivity contribution in [1.29, 1.82) is 0 Å². The maximum atomic E-state index is 13.8. The lowest BCUT2D eigenvalue weighted by Crippen LogP contribution is -2.29. The van der Waals surface area contributed by atoms with Crippen LogP contribution in [0.1, 0.15) is 50.8 Å². The van der Waals surface area contributed by atoms with E-state index in [2.05, 4.69) is 4.98 Å². The van der Waals surface area contributed by atoms with Gasteiger partial charge in [-0.25, -0.2) is 4.98 Å². The molecule has 0 saturated carbocycles. The first kappa shape index (κ1) is 22.2. The fourth-order valence-electron chi connectivity index (χ4n) is 4.33. The van der Waals surface area contributed by atoms with E-state index in [1.54, 1.807) is 37.3 Å². The Morgan fingerprint density at radius 2 is 1.82 bits per heavy atom. The SMILES string of the molecule is CCc1ccc2oc3c(c(=O)c2c1)C(c1ccc(OC)c(OC)c1)N(c1nc(C)c(C)s1)C3=O. The number of nitrogens with zero attached hydrogens (tertiary/aromatic N) is 2. The molecule has 7 nitrogen and oxygen atoms in total. The van der Waals surface area contributed by atoms with Crippen molar-refractivity contribution in [1.82, 2.24) is 4.98 Å². The van der Waals surface area contributed by atoms with E-state index in [0.717, 1.165) is 22.6 Å². The molecule has 5 rings (SSSR count). The van der Waals surface area contributed by atoms with Crippen molar-refractivity contribution >= 4 is 33.3 Å². The summed E-state index contributed by atoms with van der Waals surface area (Å²) in [5, 5.41) is 0.980. The number of carbonyl (C=O) groups excluding carboxylic acids is 1. The van der Waals surface area contributed by atoms with Gasteiger partial charge in [-0.3, -0.25) is 14.5 Å². The molecular formula is C26H24N2O5S. The van der Waals surface area contributed by atoms with Crippen LogP contribution < -0.4 is 19.8 Å². The van der Waals surface area contributed by atoms with Gasteiger partial charge in [-0.05, 0) is 55.7 Å². The van der Waals surface area contributed by atoms with Crippen molar-refractivity contribution < 1.29 is 18.7 Å². The number of fused-ring (bicyclic) bond motifs is 2. The van der Waals surface area contributed by atoms with Crippen LogP contribution in [0.25, 0.3) is 11.0 Å². The van der Waals surface area contributed by atoms with E-state index in [1.165, 1.54) is 11.3 Å². The second-order valence-corrected chi connectivity index (χ2v) is 9.37. The number of carbonyl (C=O) groups is 1. The lowest BCUT2D eigenvalue weighted by molar-refractivity contribution is 0.0971. The number of amides is 1. The highest BCUT2D eigenvalue weighted by atomic mass is 32.1. The monoisotopic (exact) mass is 476 g/mol. The molecule has 1 aliphatic heterocycles. The zero-order chi connectivity index (χ0) is 24.1. The van der Waals surface area contributed by atoms with Crippen molar-refractivity contribution in [3.8, 4) is 11.5 Å². The molecule has 0 N–H and O–H groups in total. The van der Waals surface area contributed by atoms with Gasteiger partial charge in [-0.2, -0.15) is 0 Å². The minimum Gasteiger partial charge on any atom is -0.493 e. The molecule has 1 aliphatic rings. The predicted octanol–water partition coefficient (Wildman–Crippen LogP) is 5.20. The van der Waals surface area contributed by atoms with E-state index in [1.807, 2.05) is 39.0 Å². The van der Waals surface area contributed by atoms with Gasteiger partial charge >= 0.3 is 0 Å². The Morgan fingerprint density at radius 1 is 1.06 bits per heavy atom. The number of ether oxygens (including phenoxy) is 2. The number of hydrogen-bond donors (Lipinski definition) is 0. The van der Waals surface area contributed by atoms with Crippen LogP contribution in [0.3, 0.4) is 0 Å². The number of hydrogen-bond acceptors (Lipinski definition) is 7. The largest absolute Gasteiger partial charge is 0.493 e. The third kappa shape index (κ3) is 3.28. The van der Waals surface area contributed by atoms with E-state index in [4.69, 9.17) is 13.9 Å². The molecule has 4 aromatic rings. The van der Waals surface area contributed by atoms with Crippen LogP contribution in [0, 0.1) is 13.8 Å². The molecule has 0 bridgehead atoms. The molecule has 0 radical (unpaired) electrons. The molecule has 1 amide bonds. The Hall–Kier alpha value is -3.65. The normalized spacial score (nSPS) is 15.1. The number of thiazole rings is 1. The van der Waals surface area contributed by atoms with Gasteiger partial charge < -0.3 is 13.9 Å². The number of rotatable bonds is 5. The summed E-state index contributed by atoms with van der Waals surface area (Å²) in [6.07, 6.45) is 0.786. The summed E-state index contributed by atoms with van der Waals surface area (Å²) in [6, 6.07) is 10.2. The van der Waals surface area contributed by atoms with Crippen molar-refractivity contribution in [3.05, 3.63) is 79.6 Å². The van der Waals surface area contributed by atoms with Gasteiger partial charge in [0.25, 0.3) is 5.91 Å². The summed E-state index contributed by atoms with van der Waals surface area (Å²) < 4.78 is 17.0. The van der Waals surface area contributed by atoms with E-state index in [9.17, 15) is 9.59 Å². The molecule has 0 aliphatic carbocycles. The maximum absolute atomic E-state index is 13.8. The molecule has 0 saturated heterocycles. The second kappa shape index (κ2) is 8.29. The highest BCUT2D eigenvalue weighted by molar-refractivity contribution is 7.15. The van der Waals surface area contributed by atoms with Crippen molar-refractivity contribution in [2.45, 2.75) is 33.2 Å². The molecule has 2 aromatic heterocycles. The highest BCUT2D eigenvalue weighted by Gasteiger charge is 2.45. The summed E-state index contributed by atoms with van der Waals surface area (Å²) in [4.78, 5) is 34.7. The zero-order valence-electron chi connectivity index (χ0n) is 19.6. The molecule has 1 atom stereocenters. The summed E-state index contributed by atoms with van der Waals surface area (Å²) in [5.74, 6) is 0.723. The fraction of sp³-hybridized carbons (Fsp3) is 0.269. The van der Waals surface area contributed by atoms with Gasteiger partial charge in [-0.1, -0.05) is 19.1 Å². The molecule has 34 heavy (non-hydrogen) atoms. The van der Waals surface area contributed by atoms with Gasteiger partial charge in [-0.15, -0.1) is 11.3 Å². The van der Waals surface area contributed by atoms with Gasteiger partial charge in [0.1, 0.15) is 5.58 Å². The van der Waals surface area contributed by atoms with Crippen LogP contribution in [-0.2, 0) is 6.42 Å². The van der Waals surface area contributed by atoms with E-state index in [-0.39, 0.29) is 17.1 Å². The smallest absolute Gasteiger partial charge is 0.297 e. The quantitative estimate of drug-likeness (QED) is 0.394. The second-order valence-electron chi connectivity index (χ2n) is 8.19. The first-order chi connectivity index (χ1) is 16.4. The Labute approximate surface area is 200 Å². The molecule has 1 unspecified atom stereocenters. The number of methoxy groups -OCH3 is 2. The molecular weight excluding hydrogens is 452 g/mol. The first-order valence-electron chi connectivity index (χ1n) is 11.0. The van der Waals surface area contributed by atoms with Crippen molar-refractivity contribution in [2.75, 3.05) is 19.1 Å². The number of benzene rings is 2. The topological polar surface area (TPSA) is 81.9 Å². The Kier molecular flexibility index (Phi) is 5.40. The molecule has 8 heteroatoms. The number of anilines is 1. The Balaban J connectivity index is 1.81. The average Bonchev–Trinajstić information content (AvgIpc) is 3.34. The molecule has 0 spiro atoms. The van der Waals surface area contributed by atoms with Gasteiger partial charge in [0.2, 0.25) is 5.76 Å². The molecule has 0 fully saturated rings.